The zero-order valence-electron chi connectivity index (χ0n) is 13.4. The van der Waals surface area contributed by atoms with Gasteiger partial charge in [0.1, 0.15) is 18.4 Å². The second-order valence-corrected chi connectivity index (χ2v) is 6.88. The zero-order valence-corrected chi connectivity index (χ0v) is 15.0. The largest absolute Gasteiger partial charge is 0.334 e. The van der Waals surface area contributed by atoms with Crippen molar-refractivity contribution in [2.45, 2.75) is 6.04 Å². The van der Waals surface area contributed by atoms with Crippen molar-refractivity contribution in [3.05, 3.63) is 64.9 Å². The molecule has 0 aliphatic carbocycles. The van der Waals surface area contributed by atoms with Crippen LogP contribution < -0.4 is 10.2 Å². The Balaban J connectivity index is 1.79. The highest BCUT2D eigenvalue weighted by Crippen LogP contribution is 2.23. The van der Waals surface area contributed by atoms with Gasteiger partial charge in [-0.2, -0.15) is 0 Å². The molecule has 2 aromatic rings. The molecule has 1 fully saturated rings. The minimum absolute atomic E-state index is 0.0882. The fourth-order valence-electron chi connectivity index (χ4n) is 2.99. The van der Waals surface area contributed by atoms with Crippen molar-refractivity contribution in [3.63, 3.8) is 0 Å². The molecule has 0 spiro atoms. The molecule has 0 saturated carbocycles. The molecule has 0 amide bonds. The van der Waals surface area contributed by atoms with Gasteiger partial charge in [0.15, 0.2) is 5.11 Å². The number of thiocarbonyl (C=S) groups is 1. The number of likely N-dealkylation sites (N-methyl/N-ethyl adjacent to an activating group) is 1. The molecular formula is C18H20ClFN3S+. The van der Waals surface area contributed by atoms with Crippen LogP contribution in [-0.2, 0) is 0 Å². The van der Waals surface area contributed by atoms with E-state index in [1.54, 1.807) is 12.1 Å². The van der Waals surface area contributed by atoms with E-state index in [-0.39, 0.29) is 11.1 Å². The van der Waals surface area contributed by atoms with Gasteiger partial charge in [-0.1, -0.05) is 41.9 Å². The number of nitrogens with zero attached hydrogens (tertiary/aromatic N) is 1. The minimum atomic E-state index is -0.432. The van der Waals surface area contributed by atoms with Crippen LogP contribution in [0.25, 0.3) is 0 Å². The lowest BCUT2D eigenvalue weighted by Gasteiger charge is -2.39. The molecule has 2 N–H and O–H groups in total. The quantitative estimate of drug-likeness (QED) is 0.799. The Bertz CT molecular complexity index is 725. The fraction of sp³-hybridized carbons (Fsp3) is 0.278. The second kappa shape index (κ2) is 7.47. The standard InChI is InChI=1S/C18H19ClFN3S/c1-22-9-10-23(17(12-22)13-5-3-2-4-6-13)18(24)21-14-7-8-16(20)15(19)11-14/h2-8,11,17H,9-10,12H2,1H3,(H,21,24)/p+1/t17-/m1/s1. The lowest BCUT2D eigenvalue weighted by molar-refractivity contribution is -0.887. The number of hydrogen-bond donors (Lipinski definition) is 2. The van der Waals surface area contributed by atoms with E-state index in [0.29, 0.717) is 10.8 Å². The Labute approximate surface area is 152 Å². The number of quaternary nitrogens is 1. The SMILES string of the molecule is C[NH+]1CCN(C(=S)Nc2ccc(F)c(Cl)c2)[C@@H](c2ccccc2)C1. The summed E-state index contributed by atoms with van der Waals surface area (Å²) in [6, 6.07) is 15.1. The first kappa shape index (κ1) is 17.1. The number of anilines is 1. The van der Waals surface area contributed by atoms with Crippen molar-refractivity contribution in [3.8, 4) is 0 Å². The van der Waals surface area contributed by atoms with Crippen LogP contribution in [-0.4, -0.2) is 36.7 Å². The summed E-state index contributed by atoms with van der Waals surface area (Å²) in [5, 5.41) is 3.92. The average Bonchev–Trinajstić information content (AvgIpc) is 2.59. The normalized spacial score (nSPS) is 20.7. The highest BCUT2D eigenvalue weighted by Gasteiger charge is 2.30. The van der Waals surface area contributed by atoms with Crippen LogP contribution in [0.3, 0.4) is 0 Å². The van der Waals surface area contributed by atoms with Gasteiger partial charge in [-0.3, -0.25) is 0 Å². The van der Waals surface area contributed by atoms with Crippen LogP contribution in [0.1, 0.15) is 11.6 Å². The number of hydrogen-bond acceptors (Lipinski definition) is 1. The number of halogens is 2. The first-order valence-electron chi connectivity index (χ1n) is 7.93. The molecule has 0 radical (unpaired) electrons. The highest BCUT2D eigenvalue weighted by atomic mass is 35.5. The van der Waals surface area contributed by atoms with E-state index in [9.17, 15) is 4.39 Å². The Hall–Kier alpha value is -1.69. The molecule has 3 nitrogen and oxygen atoms in total. The molecule has 0 aromatic heterocycles. The van der Waals surface area contributed by atoms with Gasteiger partial charge in [0.25, 0.3) is 0 Å². The van der Waals surface area contributed by atoms with Gasteiger partial charge in [-0.15, -0.1) is 0 Å². The minimum Gasteiger partial charge on any atom is -0.334 e. The van der Waals surface area contributed by atoms with E-state index in [1.807, 2.05) is 18.2 Å². The van der Waals surface area contributed by atoms with Crippen LogP contribution in [0.15, 0.2) is 48.5 Å². The summed E-state index contributed by atoms with van der Waals surface area (Å²) in [7, 11) is 2.20. The third kappa shape index (κ3) is 3.86. The summed E-state index contributed by atoms with van der Waals surface area (Å²) < 4.78 is 13.3. The smallest absolute Gasteiger partial charge is 0.174 e. The van der Waals surface area contributed by atoms with Gasteiger partial charge in [-0.05, 0) is 36.0 Å². The van der Waals surface area contributed by atoms with E-state index < -0.39 is 5.82 Å². The maximum absolute atomic E-state index is 13.3. The first-order chi connectivity index (χ1) is 11.5. The maximum atomic E-state index is 13.3. The third-order valence-corrected chi connectivity index (χ3v) is 4.94. The Morgan fingerprint density at radius 1 is 1.29 bits per heavy atom. The number of rotatable bonds is 2. The van der Waals surface area contributed by atoms with Gasteiger partial charge >= 0.3 is 0 Å². The number of piperazine rings is 1. The van der Waals surface area contributed by atoms with Crippen LogP contribution in [0.4, 0.5) is 10.1 Å². The molecule has 2 atom stereocenters. The molecule has 1 aliphatic heterocycles. The van der Waals surface area contributed by atoms with Gasteiger partial charge in [0.05, 0.1) is 25.2 Å². The highest BCUT2D eigenvalue weighted by molar-refractivity contribution is 7.80. The molecule has 1 saturated heterocycles. The van der Waals surface area contributed by atoms with E-state index in [1.165, 1.54) is 16.5 Å². The van der Waals surface area contributed by atoms with Crippen molar-refractivity contribution in [2.75, 3.05) is 32.0 Å². The molecule has 6 heteroatoms. The van der Waals surface area contributed by atoms with Crippen LogP contribution in [0.5, 0.6) is 0 Å². The summed E-state index contributed by atoms with van der Waals surface area (Å²) in [6.45, 7) is 2.87. The van der Waals surface area contributed by atoms with E-state index in [0.717, 1.165) is 19.6 Å². The van der Waals surface area contributed by atoms with Crippen LogP contribution in [0.2, 0.25) is 5.02 Å². The van der Waals surface area contributed by atoms with Gasteiger partial charge in [0, 0.05) is 5.69 Å². The maximum Gasteiger partial charge on any atom is 0.174 e. The molecule has 2 aromatic carbocycles. The van der Waals surface area contributed by atoms with Gasteiger partial charge < -0.3 is 15.1 Å². The number of benzene rings is 2. The molecule has 1 unspecified atom stereocenters. The van der Waals surface area contributed by atoms with Gasteiger partial charge in [-0.25, -0.2) is 4.39 Å². The summed E-state index contributed by atoms with van der Waals surface area (Å²) in [5.41, 5.74) is 1.95. The Morgan fingerprint density at radius 3 is 2.75 bits per heavy atom. The summed E-state index contributed by atoms with van der Waals surface area (Å²) in [4.78, 5) is 3.68. The predicted molar refractivity (Wildman–Crippen MR) is 100 cm³/mol. The topological polar surface area (TPSA) is 19.7 Å². The second-order valence-electron chi connectivity index (χ2n) is 6.09. The van der Waals surface area contributed by atoms with Crippen molar-refractivity contribution < 1.29 is 9.29 Å². The predicted octanol–water partition coefficient (Wildman–Crippen LogP) is 2.75. The Kier molecular flexibility index (Phi) is 5.33. The summed E-state index contributed by atoms with van der Waals surface area (Å²) in [5.74, 6) is -0.432. The average molecular weight is 365 g/mol. The lowest BCUT2D eigenvalue weighted by atomic mass is 10.0. The van der Waals surface area contributed by atoms with E-state index in [2.05, 4.69) is 29.4 Å². The summed E-state index contributed by atoms with van der Waals surface area (Å²) >= 11 is 11.5. The van der Waals surface area contributed by atoms with Crippen molar-refractivity contribution in [1.29, 1.82) is 0 Å². The molecule has 1 aliphatic rings. The monoisotopic (exact) mass is 364 g/mol. The van der Waals surface area contributed by atoms with Crippen molar-refractivity contribution in [2.24, 2.45) is 0 Å². The van der Waals surface area contributed by atoms with E-state index >= 15 is 0 Å². The molecule has 3 rings (SSSR count). The van der Waals surface area contributed by atoms with Crippen molar-refractivity contribution >= 4 is 34.6 Å². The molecule has 0 bridgehead atoms. The van der Waals surface area contributed by atoms with E-state index in [4.69, 9.17) is 23.8 Å². The third-order valence-electron chi connectivity index (χ3n) is 4.31. The van der Waals surface area contributed by atoms with Crippen molar-refractivity contribution in [1.82, 2.24) is 4.90 Å². The number of nitrogens with one attached hydrogen (secondary N) is 2. The van der Waals surface area contributed by atoms with Crippen LogP contribution >= 0.6 is 23.8 Å². The summed E-state index contributed by atoms with van der Waals surface area (Å²) in [6.07, 6.45) is 0. The van der Waals surface area contributed by atoms with Crippen LogP contribution in [0, 0.1) is 5.82 Å². The molecule has 24 heavy (non-hydrogen) atoms. The molecular weight excluding hydrogens is 345 g/mol. The molecule has 126 valence electrons. The fourth-order valence-corrected chi connectivity index (χ4v) is 3.51. The molecule has 1 heterocycles. The zero-order chi connectivity index (χ0) is 17.1. The first-order valence-corrected chi connectivity index (χ1v) is 8.72. The Morgan fingerprint density at radius 2 is 2.04 bits per heavy atom. The lowest BCUT2D eigenvalue weighted by Crippen LogP contribution is -3.12. The van der Waals surface area contributed by atoms with Gasteiger partial charge in [0.2, 0.25) is 0 Å².